The van der Waals surface area contributed by atoms with Crippen molar-refractivity contribution in [2.45, 2.75) is 30.5 Å². The number of thiazole rings is 1. The number of nitrogens with zero attached hydrogens (tertiary/aromatic N) is 1. The van der Waals surface area contributed by atoms with E-state index in [-0.39, 0.29) is 11.9 Å². The highest BCUT2D eigenvalue weighted by atomic mass is 32.2. The number of hydrogen-bond donors (Lipinski definition) is 2. The number of aromatic nitrogens is 1. The van der Waals surface area contributed by atoms with Gasteiger partial charge in [-0.05, 0) is 49.7 Å². The van der Waals surface area contributed by atoms with Gasteiger partial charge in [-0.3, -0.25) is 9.52 Å². The maximum absolute atomic E-state index is 12.7. The highest BCUT2D eigenvalue weighted by Crippen LogP contribution is 2.25. The first-order chi connectivity index (χ1) is 14.2. The van der Waals surface area contributed by atoms with Gasteiger partial charge in [0.2, 0.25) is 10.0 Å². The Labute approximate surface area is 185 Å². The fourth-order valence-electron chi connectivity index (χ4n) is 2.86. The molecule has 9 heteroatoms. The quantitative estimate of drug-likeness (QED) is 0.479. The average molecular weight is 462 g/mol. The van der Waals surface area contributed by atoms with Gasteiger partial charge in [0.05, 0.1) is 28.7 Å². The van der Waals surface area contributed by atoms with Crippen LogP contribution in [0.4, 0.5) is 5.69 Å². The summed E-state index contributed by atoms with van der Waals surface area (Å²) in [5.41, 5.74) is 2.75. The second-order valence-electron chi connectivity index (χ2n) is 6.83. The van der Waals surface area contributed by atoms with E-state index in [0.717, 1.165) is 27.6 Å². The van der Waals surface area contributed by atoms with E-state index >= 15 is 0 Å². The summed E-state index contributed by atoms with van der Waals surface area (Å²) >= 11 is 3.31. The van der Waals surface area contributed by atoms with Crippen molar-refractivity contribution in [3.05, 3.63) is 75.7 Å². The monoisotopic (exact) mass is 461 g/mol. The lowest BCUT2D eigenvalue weighted by atomic mass is 10.1. The first-order valence-electron chi connectivity index (χ1n) is 9.23. The third-order valence-corrected chi connectivity index (χ3v) is 6.70. The van der Waals surface area contributed by atoms with Gasteiger partial charge >= 0.3 is 0 Å². The second-order valence-corrected chi connectivity index (χ2v) is 10.7. The van der Waals surface area contributed by atoms with Gasteiger partial charge in [0.25, 0.3) is 5.91 Å². The molecule has 0 bridgehead atoms. The zero-order valence-corrected chi connectivity index (χ0v) is 19.3. The molecule has 0 aliphatic carbocycles. The fraction of sp³-hybridized carbons (Fsp3) is 0.238. The lowest BCUT2D eigenvalue weighted by Gasteiger charge is -2.18. The Morgan fingerprint density at radius 3 is 2.50 bits per heavy atom. The Kier molecular flexibility index (Phi) is 7.17. The molecular formula is C21H23N3O3S3. The molecule has 2 aromatic carbocycles. The highest BCUT2D eigenvalue weighted by Gasteiger charge is 2.16. The molecular weight excluding hydrogens is 438 g/mol. The van der Waals surface area contributed by atoms with Crippen LogP contribution in [0.3, 0.4) is 0 Å². The van der Waals surface area contributed by atoms with Gasteiger partial charge in [0.15, 0.2) is 0 Å². The predicted octanol–water partition coefficient (Wildman–Crippen LogP) is 4.61. The molecule has 158 valence electrons. The second kappa shape index (κ2) is 9.63. The van der Waals surface area contributed by atoms with Gasteiger partial charge in [0.1, 0.15) is 0 Å². The van der Waals surface area contributed by atoms with Gasteiger partial charge in [0, 0.05) is 21.6 Å². The van der Waals surface area contributed by atoms with Crippen molar-refractivity contribution in [2.24, 2.45) is 0 Å². The van der Waals surface area contributed by atoms with Crippen LogP contribution in [0.5, 0.6) is 0 Å². The number of sulfonamides is 1. The number of nitrogens with one attached hydrogen (secondary N) is 2. The Morgan fingerprint density at radius 2 is 1.87 bits per heavy atom. The number of carbonyl (C=O) groups is 1. The van der Waals surface area contributed by atoms with Crippen molar-refractivity contribution in [2.75, 3.05) is 11.0 Å². The van der Waals surface area contributed by atoms with Crippen LogP contribution in [0.15, 0.2) is 58.8 Å². The Hall–Kier alpha value is -2.36. The summed E-state index contributed by atoms with van der Waals surface area (Å²) in [5.74, 6) is 0.570. The molecule has 0 saturated carbocycles. The molecule has 1 atom stereocenters. The van der Waals surface area contributed by atoms with E-state index in [9.17, 15) is 13.2 Å². The molecule has 0 radical (unpaired) electrons. The Morgan fingerprint density at radius 1 is 1.17 bits per heavy atom. The Bertz CT molecular complexity index is 1130. The minimum absolute atomic E-state index is 0.219. The summed E-state index contributed by atoms with van der Waals surface area (Å²) < 4.78 is 25.7. The third kappa shape index (κ3) is 6.32. The standard InChI is InChI=1S/C21H23N3O3S3/c1-14(19-6-4-5-7-20(19)24-30(3,26)27)22-21(25)16-8-10-18(11-9-16)29-13-17-12-28-15(2)23-17/h4-12,14,24H,13H2,1-3H3,(H,22,25). The molecule has 0 aliphatic rings. The number of benzene rings is 2. The molecule has 1 aromatic heterocycles. The first kappa shape index (κ1) is 22.3. The lowest BCUT2D eigenvalue weighted by Crippen LogP contribution is -2.27. The van der Waals surface area contributed by atoms with E-state index in [1.807, 2.05) is 26.0 Å². The molecule has 0 fully saturated rings. The molecule has 30 heavy (non-hydrogen) atoms. The zero-order chi connectivity index (χ0) is 21.7. The van der Waals surface area contributed by atoms with Crippen LogP contribution in [0.2, 0.25) is 0 Å². The smallest absolute Gasteiger partial charge is 0.251 e. The number of aryl methyl sites for hydroxylation is 1. The molecule has 6 nitrogen and oxygen atoms in total. The number of para-hydroxylation sites is 1. The topological polar surface area (TPSA) is 88.2 Å². The number of anilines is 1. The van der Waals surface area contributed by atoms with E-state index in [1.165, 1.54) is 0 Å². The number of hydrogen-bond acceptors (Lipinski definition) is 6. The predicted molar refractivity (Wildman–Crippen MR) is 124 cm³/mol. The minimum atomic E-state index is -3.41. The van der Waals surface area contributed by atoms with E-state index in [1.54, 1.807) is 59.5 Å². The van der Waals surface area contributed by atoms with Crippen molar-refractivity contribution >= 4 is 44.7 Å². The normalized spacial score (nSPS) is 12.4. The Balaban J connectivity index is 1.63. The van der Waals surface area contributed by atoms with Crippen molar-refractivity contribution in [3.63, 3.8) is 0 Å². The van der Waals surface area contributed by atoms with Crippen LogP contribution in [0.25, 0.3) is 0 Å². The molecule has 2 N–H and O–H groups in total. The summed E-state index contributed by atoms with van der Waals surface area (Å²) in [5, 5.41) is 6.04. The number of thioether (sulfide) groups is 1. The zero-order valence-electron chi connectivity index (χ0n) is 16.9. The van der Waals surface area contributed by atoms with E-state index in [0.29, 0.717) is 16.8 Å². The van der Waals surface area contributed by atoms with E-state index in [2.05, 4.69) is 20.4 Å². The lowest BCUT2D eigenvalue weighted by molar-refractivity contribution is 0.0940. The fourth-order valence-corrected chi connectivity index (χ4v) is 4.95. The largest absolute Gasteiger partial charge is 0.345 e. The van der Waals surface area contributed by atoms with Gasteiger partial charge in [-0.1, -0.05) is 18.2 Å². The van der Waals surface area contributed by atoms with Gasteiger partial charge in [-0.15, -0.1) is 23.1 Å². The maximum atomic E-state index is 12.7. The molecule has 1 heterocycles. The van der Waals surface area contributed by atoms with Crippen molar-refractivity contribution in [3.8, 4) is 0 Å². The number of rotatable bonds is 8. The maximum Gasteiger partial charge on any atom is 0.251 e. The van der Waals surface area contributed by atoms with Gasteiger partial charge in [-0.2, -0.15) is 0 Å². The highest BCUT2D eigenvalue weighted by molar-refractivity contribution is 7.98. The van der Waals surface area contributed by atoms with Crippen molar-refractivity contribution in [1.29, 1.82) is 0 Å². The summed E-state index contributed by atoms with van der Waals surface area (Å²) in [6.07, 6.45) is 1.10. The summed E-state index contributed by atoms with van der Waals surface area (Å²) in [6.45, 7) is 3.81. The van der Waals surface area contributed by atoms with Crippen LogP contribution >= 0.6 is 23.1 Å². The minimum Gasteiger partial charge on any atom is -0.345 e. The van der Waals surface area contributed by atoms with E-state index in [4.69, 9.17) is 0 Å². The van der Waals surface area contributed by atoms with Crippen LogP contribution < -0.4 is 10.0 Å². The van der Waals surface area contributed by atoms with Crippen LogP contribution in [-0.2, 0) is 15.8 Å². The SMILES string of the molecule is Cc1nc(CSc2ccc(C(=O)NC(C)c3ccccc3NS(C)(=O)=O)cc2)cs1. The summed E-state index contributed by atoms with van der Waals surface area (Å²) in [6, 6.07) is 14.1. The van der Waals surface area contributed by atoms with Crippen LogP contribution in [0.1, 0.15) is 39.6 Å². The third-order valence-electron chi connectivity index (χ3n) is 4.24. The summed E-state index contributed by atoms with van der Waals surface area (Å²) in [4.78, 5) is 18.2. The van der Waals surface area contributed by atoms with Crippen LogP contribution in [0, 0.1) is 6.92 Å². The summed E-state index contributed by atoms with van der Waals surface area (Å²) in [7, 11) is -3.41. The van der Waals surface area contributed by atoms with Crippen molar-refractivity contribution < 1.29 is 13.2 Å². The van der Waals surface area contributed by atoms with Gasteiger partial charge in [-0.25, -0.2) is 13.4 Å². The molecule has 0 aliphatic heterocycles. The molecule has 0 spiro atoms. The van der Waals surface area contributed by atoms with Crippen LogP contribution in [-0.4, -0.2) is 25.6 Å². The molecule has 0 saturated heterocycles. The molecule has 1 amide bonds. The van der Waals surface area contributed by atoms with Crippen molar-refractivity contribution in [1.82, 2.24) is 10.3 Å². The average Bonchev–Trinajstić information content (AvgIpc) is 3.11. The molecule has 3 rings (SSSR count). The van der Waals surface area contributed by atoms with Gasteiger partial charge < -0.3 is 5.32 Å². The molecule has 3 aromatic rings. The number of carbonyl (C=O) groups excluding carboxylic acids is 1. The van der Waals surface area contributed by atoms with E-state index < -0.39 is 10.0 Å². The molecule has 1 unspecified atom stereocenters. The number of amides is 1. The first-order valence-corrected chi connectivity index (χ1v) is 13.0.